The van der Waals surface area contributed by atoms with E-state index in [4.69, 9.17) is 0 Å². The first-order chi connectivity index (χ1) is 8.66. The summed E-state index contributed by atoms with van der Waals surface area (Å²) in [6.45, 7) is 6.03. The van der Waals surface area contributed by atoms with Crippen molar-refractivity contribution in [2.45, 2.75) is 31.9 Å². The number of nitrogens with one attached hydrogen (secondary N) is 3. The molecule has 1 saturated heterocycles. The van der Waals surface area contributed by atoms with Gasteiger partial charge in [-0.1, -0.05) is 0 Å². The number of amides is 1. The van der Waals surface area contributed by atoms with Crippen LogP contribution in [0, 0.1) is 13.8 Å². The molecule has 0 aliphatic carbocycles. The van der Waals surface area contributed by atoms with E-state index in [9.17, 15) is 4.79 Å². The number of nitrogens with zero attached hydrogens (tertiary/aromatic N) is 1. The normalized spacial score (nSPS) is 16.8. The zero-order chi connectivity index (χ0) is 13.0. The molecule has 1 aliphatic heterocycles. The Morgan fingerprint density at radius 3 is 2.78 bits per heavy atom. The van der Waals surface area contributed by atoms with Crippen molar-refractivity contribution in [3.63, 3.8) is 0 Å². The summed E-state index contributed by atoms with van der Waals surface area (Å²) >= 11 is 1.75. The van der Waals surface area contributed by atoms with Crippen LogP contribution in [0.1, 0.15) is 24.1 Å². The maximum Gasteiger partial charge on any atom is 0.235 e. The molecule has 0 spiro atoms. The highest BCUT2D eigenvalue weighted by molar-refractivity contribution is 8.00. The number of carbonyl (C=O) groups excluding carboxylic acids is 1. The van der Waals surface area contributed by atoms with E-state index in [1.807, 2.05) is 13.8 Å². The summed E-state index contributed by atoms with van der Waals surface area (Å²) in [6, 6.07) is 0. The number of aromatic amines is 1. The quantitative estimate of drug-likeness (QED) is 0.773. The number of anilines is 1. The van der Waals surface area contributed by atoms with Gasteiger partial charge in [0, 0.05) is 16.5 Å². The van der Waals surface area contributed by atoms with Crippen LogP contribution in [0.2, 0.25) is 0 Å². The minimum atomic E-state index is 0.0353. The van der Waals surface area contributed by atoms with Gasteiger partial charge in [0.05, 0.1) is 5.75 Å². The lowest BCUT2D eigenvalue weighted by molar-refractivity contribution is -0.113. The molecule has 0 atom stereocenters. The molecule has 6 heteroatoms. The Morgan fingerprint density at radius 1 is 1.44 bits per heavy atom. The van der Waals surface area contributed by atoms with Gasteiger partial charge in [-0.05, 0) is 39.8 Å². The number of H-pyrrole nitrogens is 1. The van der Waals surface area contributed by atoms with Crippen molar-refractivity contribution in [3.8, 4) is 0 Å². The average Bonchev–Trinajstić information content (AvgIpc) is 2.70. The van der Waals surface area contributed by atoms with Gasteiger partial charge in [0.2, 0.25) is 5.91 Å². The zero-order valence-electron chi connectivity index (χ0n) is 10.9. The number of hydrogen-bond donors (Lipinski definition) is 3. The van der Waals surface area contributed by atoms with Crippen LogP contribution >= 0.6 is 11.8 Å². The summed E-state index contributed by atoms with van der Waals surface area (Å²) in [5, 5.41) is 13.7. The fraction of sp³-hybridized carbons (Fsp3) is 0.667. The first-order valence-corrected chi connectivity index (χ1v) is 7.35. The van der Waals surface area contributed by atoms with Gasteiger partial charge in [-0.2, -0.15) is 5.10 Å². The maximum absolute atomic E-state index is 11.8. The highest BCUT2D eigenvalue weighted by Crippen LogP contribution is 2.20. The van der Waals surface area contributed by atoms with Gasteiger partial charge in [-0.3, -0.25) is 9.89 Å². The molecule has 1 amide bonds. The van der Waals surface area contributed by atoms with E-state index in [1.165, 1.54) is 0 Å². The minimum absolute atomic E-state index is 0.0353. The van der Waals surface area contributed by atoms with Crippen molar-refractivity contribution < 1.29 is 4.79 Å². The number of hydrogen-bond acceptors (Lipinski definition) is 4. The smallest absolute Gasteiger partial charge is 0.235 e. The Kier molecular flexibility index (Phi) is 4.66. The summed E-state index contributed by atoms with van der Waals surface area (Å²) in [5.74, 6) is 1.20. The summed E-state index contributed by atoms with van der Waals surface area (Å²) in [7, 11) is 0. The van der Waals surface area contributed by atoms with Crippen LogP contribution in [0.4, 0.5) is 5.82 Å². The van der Waals surface area contributed by atoms with Gasteiger partial charge < -0.3 is 10.6 Å². The van der Waals surface area contributed by atoms with Crippen molar-refractivity contribution in [1.82, 2.24) is 15.5 Å². The lowest BCUT2D eigenvalue weighted by atomic mass is 10.2. The molecule has 5 nitrogen and oxygen atoms in total. The standard InChI is InChI=1S/C12H20N4OS/c1-8-9(2)15-16-12(8)14-11(17)7-18-10-3-5-13-6-4-10/h10,13H,3-7H2,1-2H3,(H2,14,15,16,17). The zero-order valence-corrected chi connectivity index (χ0v) is 11.7. The van der Waals surface area contributed by atoms with E-state index >= 15 is 0 Å². The Bertz CT molecular complexity index is 412. The first-order valence-electron chi connectivity index (χ1n) is 6.30. The van der Waals surface area contributed by atoms with E-state index in [-0.39, 0.29) is 5.91 Å². The number of aryl methyl sites for hydroxylation is 1. The van der Waals surface area contributed by atoms with Gasteiger partial charge in [-0.15, -0.1) is 11.8 Å². The van der Waals surface area contributed by atoms with Crippen LogP contribution in [0.25, 0.3) is 0 Å². The molecule has 0 radical (unpaired) electrons. The van der Waals surface area contributed by atoms with Crippen molar-refractivity contribution in [3.05, 3.63) is 11.3 Å². The highest BCUT2D eigenvalue weighted by atomic mass is 32.2. The topological polar surface area (TPSA) is 69.8 Å². The van der Waals surface area contributed by atoms with E-state index < -0.39 is 0 Å². The lowest BCUT2D eigenvalue weighted by Crippen LogP contribution is -2.30. The monoisotopic (exact) mass is 268 g/mol. The van der Waals surface area contributed by atoms with Crippen LogP contribution in [0.3, 0.4) is 0 Å². The molecular formula is C12H20N4OS. The van der Waals surface area contributed by atoms with Crippen LogP contribution in [0.15, 0.2) is 0 Å². The molecule has 0 aromatic carbocycles. The molecule has 1 aliphatic rings. The van der Waals surface area contributed by atoms with E-state index in [0.29, 0.717) is 16.8 Å². The van der Waals surface area contributed by atoms with Crippen molar-refractivity contribution in [2.24, 2.45) is 0 Å². The van der Waals surface area contributed by atoms with Crippen molar-refractivity contribution in [2.75, 3.05) is 24.2 Å². The van der Waals surface area contributed by atoms with E-state index in [1.54, 1.807) is 11.8 Å². The van der Waals surface area contributed by atoms with Gasteiger partial charge in [0.15, 0.2) is 5.82 Å². The average molecular weight is 268 g/mol. The number of carbonyl (C=O) groups is 1. The second-order valence-corrected chi connectivity index (χ2v) is 5.92. The van der Waals surface area contributed by atoms with Gasteiger partial charge in [-0.25, -0.2) is 0 Å². The lowest BCUT2D eigenvalue weighted by Gasteiger charge is -2.21. The second kappa shape index (κ2) is 6.24. The number of piperidine rings is 1. The fourth-order valence-electron chi connectivity index (χ4n) is 1.93. The van der Waals surface area contributed by atoms with Crippen molar-refractivity contribution >= 4 is 23.5 Å². The Labute approximate surface area is 111 Å². The van der Waals surface area contributed by atoms with E-state index in [2.05, 4.69) is 20.8 Å². The Hall–Kier alpha value is -1.01. The number of rotatable bonds is 4. The molecule has 100 valence electrons. The summed E-state index contributed by atoms with van der Waals surface area (Å²) in [4.78, 5) is 11.8. The molecule has 0 unspecified atom stereocenters. The third-order valence-corrected chi connectivity index (χ3v) is 4.62. The first kappa shape index (κ1) is 13.4. The molecule has 3 N–H and O–H groups in total. The molecule has 0 bridgehead atoms. The number of aromatic nitrogens is 2. The SMILES string of the molecule is Cc1[nH]nc(NC(=O)CSC2CCNCC2)c1C. The molecule has 1 aromatic rings. The van der Waals surface area contributed by atoms with Gasteiger partial charge >= 0.3 is 0 Å². The molecule has 0 saturated carbocycles. The molecule has 2 heterocycles. The minimum Gasteiger partial charge on any atom is -0.317 e. The third-order valence-electron chi connectivity index (χ3n) is 3.25. The van der Waals surface area contributed by atoms with Gasteiger partial charge in [0.25, 0.3) is 0 Å². The molecule has 2 rings (SSSR count). The molecule has 18 heavy (non-hydrogen) atoms. The third kappa shape index (κ3) is 3.49. The molecule has 1 aromatic heterocycles. The highest BCUT2D eigenvalue weighted by Gasteiger charge is 2.16. The van der Waals surface area contributed by atoms with Crippen LogP contribution in [-0.2, 0) is 4.79 Å². The van der Waals surface area contributed by atoms with Crippen molar-refractivity contribution in [1.29, 1.82) is 0 Å². The largest absolute Gasteiger partial charge is 0.317 e. The number of thioether (sulfide) groups is 1. The van der Waals surface area contributed by atoms with Crippen LogP contribution in [0.5, 0.6) is 0 Å². The summed E-state index contributed by atoms with van der Waals surface area (Å²) in [6.07, 6.45) is 2.30. The van der Waals surface area contributed by atoms with Crippen LogP contribution in [-0.4, -0.2) is 40.2 Å². The Balaban J connectivity index is 1.76. The molecule has 1 fully saturated rings. The van der Waals surface area contributed by atoms with Gasteiger partial charge in [0.1, 0.15) is 0 Å². The van der Waals surface area contributed by atoms with Crippen LogP contribution < -0.4 is 10.6 Å². The Morgan fingerprint density at radius 2 is 2.17 bits per heavy atom. The predicted molar refractivity (Wildman–Crippen MR) is 75.0 cm³/mol. The second-order valence-electron chi connectivity index (χ2n) is 4.63. The predicted octanol–water partition coefficient (Wildman–Crippen LogP) is 1.45. The molecular weight excluding hydrogens is 248 g/mol. The summed E-state index contributed by atoms with van der Waals surface area (Å²) in [5.41, 5.74) is 2.01. The maximum atomic E-state index is 11.8. The summed E-state index contributed by atoms with van der Waals surface area (Å²) < 4.78 is 0. The fourth-order valence-corrected chi connectivity index (χ4v) is 2.96. The van der Waals surface area contributed by atoms with E-state index in [0.717, 1.165) is 37.2 Å².